The molecule has 2 N–H and O–H groups in total. The maximum atomic E-state index is 13.1. The van der Waals surface area contributed by atoms with Gasteiger partial charge in [0.15, 0.2) is 5.13 Å². The SMILES string of the molecule is Cc1sc(NC(=O)[C@H](C)NS(=O)(=O)c2ccc(Cl)cc2)nc1-c1ccc(F)cc1. The van der Waals surface area contributed by atoms with Crippen molar-refractivity contribution in [1.82, 2.24) is 9.71 Å². The van der Waals surface area contributed by atoms with Gasteiger partial charge in [-0.15, -0.1) is 11.3 Å². The van der Waals surface area contributed by atoms with E-state index in [4.69, 9.17) is 11.6 Å². The molecule has 0 spiro atoms. The van der Waals surface area contributed by atoms with E-state index in [2.05, 4.69) is 15.0 Å². The molecule has 152 valence electrons. The Morgan fingerprint density at radius 2 is 1.76 bits per heavy atom. The number of aromatic nitrogens is 1. The summed E-state index contributed by atoms with van der Waals surface area (Å²) in [6.07, 6.45) is 0. The summed E-state index contributed by atoms with van der Waals surface area (Å²) in [5, 5.41) is 3.35. The Balaban J connectivity index is 1.70. The highest BCUT2D eigenvalue weighted by Gasteiger charge is 2.23. The van der Waals surface area contributed by atoms with Crippen LogP contribution >= 0.6 is 22.9 Å². The molecule has 0 aliphatic heterocycles. The molecule has 0 aliphatic rings. The summed E-state index contributed by atoms with van der Waals surface area (Å²) in [4.78, 5) is 17.6. The molecule has 0 saturated heterocycles. The minimum absolute atomic E-state index is 0.00485. The van der Waals surface area contributed by atoms with Gasteiger partial charge in [0.25, 0.3) is 0 Å². The summed E-state index contributed by atoms with van der Waals surface area (Å²) in [5.41, 5.74) is 1.34. The average molecular weight is 454 g/mol. The molecule has 1 amide bonds. The predicted octanol–water partition coefficient (Wildman–Crippen LogP) is 4.22. The normalized spacial score (nSPS) is 12.6. The second kappa shape index (κ2) is 8.58. The molecule has 1 aromatic heterocycles. The number of amides is 1. The number of hydrogen-bond acceptors (Lipinski definition) is 5. The number of anilines is 1. The van der Waals surface area contributed by atoms with Crippen LogP contribution in [-0.2, 0) is 14.8 Å². The second-order valence-electron chi connectivity index (χ2n) is 6.22. The molecule has 3 rings (SSSR count). The van der Waals surface area contributed by atoms with Crippen LogP contribution in [0.2, 0.25) is 5.02 Å². The van der Waals surface area contributed by atoms with E-state index >= 15 is 0 Å². The third kappa shape index (κ3) is 5.18. The van der Waals surface area contributed by atoms with Crippen LogP contribution in [0.5, 0.6) is 0 Å². The summed E-state index contributed by atoms with van der Waals surface area (Å²) in [7, 11) is -3.89. The summed E-state index contributed by atoms with van der Waals surface area (Å²) < 4.78 is 40.2. The third-order valence-electron chi connectivity index (χ3n) is 3.99. The molecule has 10 heteroatoms. The summed E-state index contributed by atoms with van der Waals surface area (Å²) in [6.45, 7) is 3.27. The van der Waals surface area contributed by atoms with Crippen molar-refractivity contribution in [3.8, 4) is 11.3 Å². The molecule has 0 bridgehead atoms. The zero-order valence-corrected chi connectivity index (χ0v) is 17.8. The third-order valence-corrected chi connectivity index (χ3v) is 6.69. The minimum atomic E-state index is -3.89. The van der Waals surface area contributed by atoms with E-state index in [1.807, 2.05) is 6.92 Å². The molecular weight excluding hydrogens is 437 g/mol. The molecule has 0 radical (unpaired) electrons. The van der Waals surface area contributed by atoms with Gasteiger partial charge in [0.1, 0.15) is 5.82 Å². The number of sulfonamides is 1. The number of nitrogens with zero attached hydrogens (tertiary/aromatic N) is 1. The van der Waals surface area contributed by atoms with Crippen molar-refractivity contribution in [1.29, 1.82) is 0 Å². The molecule has 1 atom stereocenters. The lowest BCUT2D eigenvalue weighted by Crippen LogP contribution is -2.41. The van der Waals surface area contributed by atoms with Crippen molar-refractivity contribution in [2.24, 2.45) is 0 Å². The van der Waals surface area contributed by atoms with E-state index in [0.29, 0.717) is 15.8 Å². The molecule has 1 heterocycles. The highest BCUT2D eigenvalue weighted by atomic mass is 35.5. The van der Waals surface area contributed by atoms with Crippen LogP contribution in [0.25, 0.3) is 11.3 Å². The van der Waals surface area contributed by atoms with Crippen molar-refractivity contribution in [2.75, 3.05) is 5.32 Å². The largest absolute Gasteiger partial charge is 0.301 e. The van der Waals surface area contributed by atoms with Crippen molar-refractivity contribution >= 4 is 44.0 Å². The van der Waals surface area contributed by atoms with E-state index in [-0.39, 0.29) is 10.7 Å². The lowest BCUT2D eigenvalue weighted by Gasteiger charge is -2.13. The summed E-state index contributed by atoms with van der Waals surface area (Å²) >= 11 is 7.02. The number of hydrogen-bond donors (Lipinski definition) is 2. The monoisotopic (exact) mass is 453 g/mol. The van der Waals surface area contributed by atoms with Crippen LogP contribution in [0, 0.1) is 12.7 Å². The van der Waals surface area contributed by atoms with Crippen LogP contribution in [0.4, 0.5) is 9.52 Å². The Hall–Kier alpha value is -2.33. The van der Waals surface area contributed by atoms with Gasteiger partial charge in [0, 0.05) is 15.5 Å². The molecule has 29 heavy (non-hydrogen) atoms. The Bertz CT molecular complexity index is 1130. The van der Waals surface area contributed by atoms with E-state index in [1.165, 1.54) is 54.7 Å². The van der Waals surface area contributed by atoms with Gasteiger partial charge in [-0.2, -0.15) is 4.72 Å². The smallest absolute Gasteiger partial charge is 0.244 e. The van der Waals surface area contributed by atoms with Gasteiger partial charge in [-0.1, -0.05) is 11.6 Å². The maximum absolute atomic E-state index is 13.1. The number of rotatable bonds is 6. The van der Waals surface area contributed by atoms with Crippen molar-refractivity contribution in [3.63, 3.8) is 0 Å². The fourth-order valence-electron chi connectivity index (χ4n) is 2.51. The molecule has 0 unspecified atom stereocenters. The first kappa shape index (κ1) is 21.4. The molecular formula is C19H17ClFN3O3S2. The zero-order valence-electron chi connectivity index (χ0n) is 15.4. The first-order valence-electron chi connectivity index (χ1n) is 8.48. The van der Waals surface area contributed by atoms with Crippen molar-refractivity contribution in [3.05, 3.63) is 64.2 Å². The second-order valence-corrected chi connectivity index (χ2v) is 9.57. The Kier molecular flexibility index (Phi) is 6.33. The van der Waals surface area contributed by atoms with E-state index in [1.54, 1.807) is 12.1 Å². The Morgan fingerprint density at radius 1 is 1.14 bits per heavy atom. The summed E-state index contributed by atoms with van der Waals surface area (Å²) in [5.74, 6) is -0.904. The number of carbonyl (C=O) groups is 1. The number of thiazole rings is 1. The predicted molar refractivity (Wildman–Crippen MR) is 112 cm³/mol. The first-order valence-corrected chi connectivity index (χ1v) is 11.2. The first-order chi connectivity index (χ1) is 13.7. The van der Waals surface area contributed by atoms with Crippen LogP contribution in [0.1, 0.15) is 11.8 Å². The van der Waals surface area contributed by atoms with Gasteiger partial charge in [-0.05, 0) is 62.4 Å². The van der Waals surface area contributed by atoms with Crippen molar-refractivity contribution in [2.45, 2.75) is 24.8 Å². The fraction of sp³-hybridized carbons (Fsp3) is 0.158. The van der Waals surface area contributed by atoms with Crippen LogP contribution < -0.4 is 10.0 Å². The number of carbonyl (C=O) groups excluding carboxylic acids is 1. The molecule has 0 fully saturated rings. The Morgan fingerprint density at radius 3 is 2.38 bits per heavy atom. The van der Waals surface area contributed by atoms with Gasteiger partial charge >= 0.3 is 0 Å². The van der Waals surface area contributed by atoms with Gasteiger partial charge in [0.05, 0.1) is 16.6 Å². The zero-order chi connectivity index (χ0) is 21.2. The highest BCUT2D eigenvalue weighted by molar-refractivity contribution is 7.89. The number of aryl methyl sites for hydroxylation is 1. The molecule has 2 aromatic carbocycles. The summed E-state index contributed by atoms with van der Waals surface area (Å²) in [6, 6.07) is 10.5. The topological polar surface area (TPSA) is 88.2 Å². The van der Waals surface area contributed by atoms with Gasteiger partial charge < -0.3 is 5.32 Å². The lowest BCUT2D eigenvalue weighted by molar-refractivity contribution is -0.117. The fourth-order valence-corrected chi connectivity index (χ4v) is 4.67. The van der Waals surface area contributed by atoms with Crippen molar-refractivity contribution < 1.29 is 17.6 Å². The van der Waals surface area contributed by atoms with Gasteiger partial charge in [-0.25, -0.2) is 17.8 Å². The quantitative estimate of drug-likeness (QED) is 0.585. The van der Waals surface area contributed by atoms with Gasteiger partial charge in [0.2, 0.25) is 15.9 Å². The number of benzene rings is 2. The average Bonchev–Trinajstić information content (AvgIpc) is 3.02. The maximum Gasteiger partial charge on any atom is 0.244 e. The molecule has 6 nitrogen and oxygen atoms in total. The van der Waals surface area contributed by atoms with E-state index in [9.17, 15) is 17.6 Å². The minimum Gasteiger partial charge on any atom is -0.301 e. The standard InChI is InChI=1S/C19H17ClFN3O3S2/c1-11(24-29(26,27)16-9-5-14(20)6-10-16)18(25)23-19-22-17(12(2)28-19)13-3-7-15(21)8-4-13/h3-11,24H,1-2H3,(H,22,23,25)/t11-/m0/s1. The molecule has 0 aliphatic carbocycles. The Labute approximate surface area is 176 Å². The van der Waals surface area contributed by atoms with Crippen LogP contribution in [0.15, 0.2) is 53.4 Å². The van der Waals surface area contributed by atoms with E-state index in [0.717, 1.165) is 10.4 Å². The highest BCUT2D eigenvalue weighted by Crippen LogP contribution is 2.30. The van der Waals surface area contributed by atoms with Gasteiger partial charge in [-0.3, -0.25) is 4.79 Å². The lowest BCUT2D eigenvalue weighted by atomic mass is 10.1. The molecule has 3 aromatic rings. The number of nitrogens with one attached hydrogen (secondary N) is 2. The molecule has 0 saturated carbocycles. The van der Waals surface area contributed by atoms with Crippen LogP contribution in [-0.4, -0.2) is 25.4 Å². The van der Waals surface area contributed by atoms with Crippen LogP contribution in [0.3, 0.4) is 0 Å². The van der Waals surface area contributed by atoms with E-state index < -0.39 is 22.0 Å². The number of halogens is 2.